The number of nitro groups is 1. The van der Waals surface area contributed by atoms with Crippen molar-refractivity contribution in [1.29, 1.82) is 0 Å². The Hall–Kier alpha value is -2.35. The van der Waals surface area contributed by atoms with Crippen LogP contribution in [0.15, 0.2) is 69.3 Å². The molecule has 3 aromatic rings. The minimum atomic E-state index is -1.05. The number of aliphatic hydroxyl groups excluding tert-OH is 1. The first-order valence-corrected chi connectivity index (χ1v) is 22.9. The van der Waals surface area contributed by atoms with Gasteiger partial charge in [-0.1, -0.05) is 63.1 Å². The number of carbonyl (C=O) groups is 1. The fourth-order valence-corrected chi connectivity index (χ4v) is 9.86. The number of nitrogens with two attached hydrogens (primary N) is 1. The van der Waals surface area contributed by atoms with Crippen LogP contribution in [0.3, 0.4) is 0 Å². The number of hydrogen-bond acceptors (Lipinski definition) is 14. The molecule has 3 aromatic carbocycles. The van der Waals surface area contributed by atoms with E-state index in [1.54, 1.807) is 41.4 Å². The number of rotatable bonds is 17. The summed E-state index contributed by atoms with van der Waals surface area (Å²) in [6.07, 6.45) is 5.31. The van der Waals surface area contributed by atoms with Crippen LogP contribution >= 0.6 is 35.3 Å². The molecule has 5 N–H and O–H groups in total. The van der Waals surface area contributed by atoms with Gasteiger partial charge in [0.1, 0.15) is 12.4 Å². The Labute approximate surface area is 357 Å². The number of fused-ring (bicyclic) bond motifs is 2. The van der Waals surface area contributed by atoms with Gasteiger partial charge >= 0.3 is 21.4 Å². The largest absolute Gasteiger partial charge is 0.496 e. The zero-order chi connectivity index (χ0) is 42.5. The molecule has 314 valence electrons. The molecule has 1 fully saturated rings. The Morgan fingerprint density at radius 3 is 1.66 bits per heavy atom. The molecule has 2 unspecified atom stereocenters. The summed E-state index contributed by atoms with van der Waals surface area (Å²) in [4.78, 5) is 24.7. The van der Waals surface area contributed by atoms with Gasteiger partial charge in [0.2, 0.25) is 6.54 Å². The summed E-state index contributed by atoms with van der Waals surface area (Å²) in [6, 6.07) is 17.2. The lowest BCUT2D eigenvalue weighted by Gasteiger charge is -2.32. The SMILES string of the molecule is CCCCSc1cccc(C=O)c1B1OC(C)(C)C(C)(C)O1.CCCCSc1cccc2c1B(O)OC2C[N+](=O)[O-].NCC1OB(O)c2c(SCCCO)cccc21. The number of aliphatic hydroxyl groups is 1. The molecule has 58 heavy (non-hydrogen) atoms. The van der Waals surface area contributed by atoms with Crippen molar-refractivity contribution in [2.45, 2.75) is 112 Å². The second kappa shape index (κ2) is 23.0. The summed E-state index contributed by atoms with van der Waals surface area (Å²) in [5.41, 5.74) is 9.59. The fourth-order valence-electron chi connectivity index (χ4n) is 6.42. The Balaban J connectivity index is 0.000000194. The van der Waals surface area contributed by atoms with Gasteiger partial charge in [-0.05, 0) is 87.8 Å². The maximum Gasteiger partial charge on any atom is 0.496 e. The predicted molar refractivity (Wildman–Crippen MR) is 238 cm³/mol. The Kier molecular flexibility index (Phi) is 19.2. The second-order valence-corrected chi connectivity index (χ2v) is 18.4. The zero-order valence-electron chi connectivity index (χ0n) is 34.4. The summed E-state index contributed by atoms with van der Waals surface area (Å²) in [6.45, 7) is 12.7. The van der Waals surface area contributed by atoms with Crippen LogP contribution in [0, 0.1) is 10.1 Å². The lowest BCUT2D eigenvalue weighted by Crippen LogP contribution is -2.41. The van der Waals surface area contributed by atoms with Gasteiger partial charge in [0.25, 0.3) is 0 Å². The number of nitrogens with zero attached hydrogens (tertiary/aromatic N) is 1. The third-order valence-corrected chi connectivity index (χ3v) is 13.8. The molecule has 3 aliphatic rings. The van der Waals surface area contributed by atoms with E-state index in [1.165, 1.54) is 0 Å². The summed E-state index contributed by atoms with van der Waals surface area (Å²) in [7, 11) is -2.42. The summed E-state index contributed by atoms with van der Waals surface area (Å²) >= 11 is 5.06. The predicted octanol–water partition coefficient (Wildman–Crippen LogP) is 5.18. The van der Waals surface area contributed by atoms with Crippen LogP contribution < -0.4 is 22.1 Å². The van der Waals surface area contributed by atoms with E-state index in [0.29, 0.717) is 17.6 Å². The highest BCUT2D eigenvalue weighted by Crippen LogP contribution is 2.38. The highest BCUT2D eigenvalue weighted by molar-refractivity contribution is 8.00. The standard InChI is InChI=1S/C17H25BO3S.C12H16BNO4S.C11H16BNO3S/c1-6-7-11-22-14-10-8-9-13(12-19)15(14)18-20-16(2,3)17(4,5)21-18;1-2-3-7-19-11-6-4-5-9-10(8-14(16)17)18-13(15)12(9)11;13-7-9-8-3-1-4-10(17-6-2-5-14)11(8)12(15)16-9/h8-10,12H,6-7,11H2,1-5H3;4-6,10,15H,2-3,7-8H2,1H3;1,3-4,9,14-15H,2,5-7,13H2. The molecule has 6 rings (SSSR count). The minimum absolute atomic E-state index is 0.187. The van der Waals surface area contributed by atoms with Gasteiger partial charge in [-0.3, -0.25) is 14.9 Å². The summed E-state index contributed by atoms with van der Waals surface area (Å²) < 4.78 is 23.0. The van der Waals surface area contributed by atoms with E-state index in [9.17, 15) is 25.0 Å². The van der Waals surface area contributed by atoms with Crippen molar-refractivity contribution in [2.75, 3.05) is 37.0 Å². The molecule has 0 spiro atoms. The molecule has 2 atom stereocenters. The van der Waals surface area contributed by atoms with E-state index >= 15 is 0 Å². The highest BCUT2D eigenvalue weighted by atomic mass is 32.2. The van der Waals surface area contributed by atoms with Crippen LogP contribution in [0.25, 0.3) is 0 Å². The number of aldehydes is 1. The lowest BCUT2D eigenvalue weighted by molar-refractivity contribution is -0.490. The Bertz CT molecular complexity index is 1790. The number of carbonyl (C=O) groups excluding carboxylic acids is 1. The second-order valence-electron chi connectivity index (χ2n) is 15.0. The van der Waals surface area contributed by atoms with Crippen molar-refractivity contribution in [3.63, 3.8) is 0 Å². The van der Waals surface area contributed by atoms with Gasteiger partial charge in [-0.15, -0.1) is 35.3 Å². The van der Waals surface area contributed by atoms with E-state index in [-0.39, 0.29) is 19.3 Å². The molecule has 0 aromatic heterocycles. The number of hydrogen-bond donors (Lipinski definition) is 4. The van der Waals surface area contributed by atoms with Crippen molar-refractivity contribution in [3.8, 4) is 0 Å². The van der Waals surface area contributed by atoms with Gasteiger partial charge in [0.15, 0.2) is 0 Å². The van der Waals surface area contributed by atoms with E-state index < -0.39 is 43.6 Å². The minimum Gasteiger partial charge on any atom is -0.423 e. The van der Waals surface area contributed by atoms with Crippen molar-refractivity contribution in [1.82, 2.24) is 0 Å². The summed E-state index contributed by atoms with van der Waals surface area (Å²) in [5, 5.41) is 39.2. The lowest BCUT2D eigenvalue weighted by atomic mass is 9.76. The van der Waals surface area contributed by atoms with Gasteiger partial charge in [-0.25, -0.2) is 0 Å². The third-order valence-electron chi connectivity index (χ3n) is 10.3. The number of benzene rings is 3. The summed E-state index contributed by atoms with van der Waals surface area (Å²) in [5.74, 6) is 2.83. The molecule has 0 aliphatic carbocycles. The average Bonchev–Trinajstić information content (AvgIpc) is 3.77. The van der Waals surface area contributed by atoms with Gasteiger partial charge in [-0.2, -0.15) is 0 Å². The smallest absolute Gasteiger partial charge is 0.423 e. The van der Waals surface area contributed by atoms with Gasteiger partial charge < -0.3 is 39.5 Å². The van der Waals surface area contributed by atoms with Gasteiger partial charge in [0, 0.05) is 60.5 Å². The third kappa shape index (κ3) is 12.4. The van der Waals surface area contributed by atoms with Crippen molar-refractivity contribution in [3.05, 3.63) is 81.4 Å². The molecule has 0 saturated carbocycles. The average molecular weight is 855 g/mol. The number of thioether (sulfide) groups is 3. The quantitative estimate of drug-likeness (QED) is 0.0348. The molecular formula is C40H57B3N2O10S3. The maximum atomic E-state index is 11.5. The first kappa shape index (κ1) is 48.3. The van der Waals surface area contributed by atoms with Crippen molar-refractivity contribution < 1.29 is 43.5 Å². The highest BCUT2D eigenvalue weighted by Gasteiger charge is 2.53. The molecule has 3 heterocycles. The van der Waals surface area contributed by atoms with E-state index in [1.807, 2.05) is 76.2 Å². The van der Waals surface area contributed by atoms with Crippen molar-refractivity contribution in [2.24, 2.45) is 5.73 Å². The Morgan fingerprint density at radius 2 is 1.21 bits per heavy atom. The monoisotopic (exact) mass is 854 g/mol. The fraction of sp³-hybridized carbons (Fsp3) is 0.525. The molecule has 0 bridgehead atoms. The maximum absolute atomic E-state index is 11.5. The van der Waals surface area contributed by atoms with Crippen LogP contribution in [-0.2, 0) is 18.6 Å². The number of unbranched alkanes of at least 4 members (excludes halogenated alkanes) is 2. The van der Waals surface area contributed by atoms with Gasteiger partial charge in [0.05, 0.1) is 17.3 Å². The van der Waals surface area contributed by atoms with Crippen molar-refractivity contribution >= 4 is 79.3 Å². The van der Waals surface area contributed by atoms with Crippen LogP contribution in [-0.4, -0.2) is 95.9 Å². The molecule has 1 saturated heterocycles. The zero-order valence-corrected chi connectivity index (χ0v) is 36.8. The van der Waals surface area contributed by atoms with Crippen LogP contribution in [0.2, 0.25) is 0 Å². The Morgan fingerprint density at radius 1 is 0.759 bits per heavy atom. The van der Waals surface area contributed by atoms with Crippen LogP contribution in [0.5, 0.6) is 0 Å². The first-order chi connectivity index (χ1) is 27.7. The van der Waals surface area contributed by atoms with Crippen LogP contribution in [0.4, 0.5) is 0 Å². The first-order valence-electron chi connectivity index (χ1n) is 19.9. The molecular weight excluding hydrogens is 797 g/mol. The van der Waals surface area contributed by atoms with Crippen LogP contribution in [0.1, 0.15) is 107 Å². The van der Waals surface area contributed by atoms with E-state index in [4.69, 9.17) is 29.5 Å². The topological polar surface area (TPSA) is 184 Å². The molecule has 12 nitrogen and oxygen atoms in total. The van der Waals surface area contributed by atoms with E-state index in [2.05, 4.69) is 13.8 Å². The normalized spacial score (nSPS) is 18.6. The molecule has 3 aliphatic heterocycles. The van der Waals surface area contributed by atoms with E-state index in [0.717, 1.165) is 92.4 Å². The molecule has 0 amide bonds. The molecule has 18 heteroatoms. The molecule has 0 radical (unpaired) electrons.